The number of nitrogens with zero attached hydrogens (tertiary/aromatic N) is 1. The van der Waals surface area contributed by atoms with E-state index in [1.165, 1.54) is 6.07 Å². The molecule has 0 atom stereocenters. The van der Waals surface area contributed by atoms with Crippen LogP contribution in [0.1, 0.15) is 26.6 Å². The lowest BCUT2D eigenvalue weighted by Crippen LogP contribution is -2.12. The topological polar surface area (TPSA) is 92.4 Å². The number of aromatic nitrogens is 1. The van der Waals surface area contributed by atoms with Crippen LogP contribution >= 0.6 is 0 Å². The van der Waals surface area contributed by atoms with E-state index in [9.17, 15) is 14.0 Å². The standard InChI is InChI=1S/C12H9FN2O4/c1-6-2-7(13)4-8(3-6)14-11(16)9-5-10(12(17)18)19-15-9/h2-5H,1H3,(H,14,16)(H,17,18). The minimum Gasteiger partial charge on any atom is -0.475 e. The van der Waals surface area contributed by atoms with Gasteiger partial charge in [-0.2, -0.15) is 0 Å². The van der Waals surface area contributed by atoms with E-state index in [2.05, 4.69) is 15.0 Å². The van der Waals surface area contributed by atoms with Gasteiger partial charge in [-0.15, -0.1) is 0 Å². The van der Waals surface area contributed by atoms with Crippen LogP contribution < -0.4 is 5.32 Å². The van der Waals surface area contributed by atoms with Gasteiger partial charge in [0, 0.05) is 11.8 Å². The molecule has 2 rings (SSSR count). The Morgan fingerprint density at radius 1 is 1.32 bits per heavy atom. The molecule has 0 saturated heterocycles. The molecule has 1 aromatic heterocycles. The number of halogens is 1. The normalized spacial score (nSPS) is 10.2. The van der Waals surface area contributed by atoms with Crippen molar-refractivity contribution in [3.05, 3.63) is 47.1 Å². The fraction of sp³-hybridized carbons (Fsp3) is 0.0833. The molecule has 7 heteroatoms. The average Bonchev–Trinajstić information content (AvgIpc) is 2.76. The monoisotopic (exact) mass is 264 g/mol. The van der Waals surface area contributed by atoms with Crippen LogP contribution in [0.2, 0.25) is 0 Å². The van der Waals surface area contributed by atoms with Crippen LogP contribution in [-0.4, -0.2) is 22.1 Å². The quantitative estimate of drug-likeness (QED) is 0.885. The number of carboxylic acids is 1. The lowest BCUT2D eigenvalue weighted by atomic mass is 10.2. The Hall–Kier alpha value is -2.70. The maximum Gasteiger partial charge on any atom is 0.374 e. The number of anilines is 1. The first-order valence-electron chi connectivity index (χ1n) is 5.24. The first-order valence-corrected chi connectivity index (χ1v) is 5.24. The number of nitrogens with one attached hydrogen (secondary N) is 1. The second-order valence-electron chi connectivity index (χ2n) is 3.85. The second-order valence-corrected chi connectivity index (χ2v) is 3.85. The van der Waals surface area contributed by atoms with Gasteiger partial charge >= 0.3 is 5.97 Å². The summed E-state index contributed by atoms with van der Waals surface area (Å²) >= 11 is 0. The minimum absolute atomic E-state index is 0.195. The van der Waals surface area contributed by atoms with E-state index in [4.69, 9.17) is 5.11 Å². The number of amides is 1. The SMILES string of the molecule is Cc1cc(F)cc(NC(=O)c2cc(C(=O)O)on2)c1. The maximum absolute atomic E-state index is 13.1. The summed E-state index contributed by atoms with van der Waals surface area (Å²) < 4.78 is 17.6. The van der Waals surface area contributed by atoms with Gasteiger partial charge in [0.05, 0.1) is 0 Å². The fourth-order valence-electron chi connectivity index (χ4n) is 1.49. The number of carbonyl (C=O) groups excluding carboxylic acids is 1. The van der Waals surface area contributed by atoms with Gasteiger partial charge in [0.2, 0.25) is 5.76 Å². The zero-order valence-electron chi connectivity index (χ0n) is 9.81. The van der Waals surface area contributed by atoms with Crippen molar-refractivity contribution >= 4 is 17.6 Å². The summed E-state index contributed by atoms with van der Waals surface area (Å²) in [6.07, 6.45) is 0. The van der Waals surface area contributed by atoms with E-state index in [1.54, 1.807) is 13.0 Å². The highest BCUT2D eigenvalue weighted by Gasteiger charge is 2.16. The molecule has 0 bridgehead atoms. The molecular formula is C12H9FN2O4. The lowest BCUT2D eigenvalue weighted by molar-refractivity contribution is 0.0651. The number of hydrogen-bond acceptors (Lipinski definition) is 4. The second kappa shape index (κ2) is 4.89. The summed E-state index contributed by atoms with van der Waals surface area (Å²) in [5, 5.41) is 14.3. The molecule has 0 aliphatic carbocycles. The van der Waals surface area contributed by atoms with E-state index < -0.39 is 23.5 Å². The Labute approximate surface area is 106 Å². The van der Waals surface area contributed by atoms with E-state index >= 15 is 0 Å². The van der Waals surface area contributed by atoms with Gasteiger partial charge in [-0.3, -0.25) is 4.79 Å². The number of carbonyl (C=O) groups is 2. The summed E-state index contributed by atoms with van der Waals surface area (Å²) in [6.45, 7) is 1.68. The van der Waals surface area contributed by atoms with Gasteiger partial charge in [0.15, 0.2) is 5.69 Å². The van der Waals surface area contributed by atoms with Crippen LogP contribution in [0.5, 0.6) is 0 Å². The first-order chi connectivity index (χ1) is 8.95. The Morgan fingerprint density at radius 3 is 2.63 bits per heavy atom. The zero-order chi connectivity index (χ0) is 14.0. The average molecular weight is 264 g/mol. The van der Waals surface area contributed by atoms with Crippen molar-refractivity contribution in [2.45, 2.75) is 6.92 Å². The molecule has 0 aliphatic heterocycles. The molecule has 0 radical (unpaired) electrons. The summed E-state index contributed by atoms with van der Waals surface area (Å²) in [5.41, 5.74) is 0.698. The smallest absolute Gasteiger partial charge is 0.374 e. The molecule has 1 amide bonds. The molecule has 0 fully saturated rings. The molecule has 0 spiro atoms. The third-order valence-corrected chi connectivity index (χ3v) is 2.25. The Kier molecular flexibility index (Phi) is 3.28. The zero-order valence-corrected chi connectivity index (χ0v) is 9.81. The Bertz CT molecular complexity index is 631. The molecule has 2 aromatic rings. The highest BCUT2D eigenvalue weighted by molar-refractivity contribution is 6.03. The van der Waals surface area contributed by atoms with Crippen molar-refractivity contribution in [3.63, 3.8) is 0 Å². The summed E-state index contributed by atoms with van der Waals surface area (Å²) in [7, 11) is 0. The molecular weight excluding hydrogens is 255 g/mol. The van der Waals surface area contributed by atoms with E-state index in [0.717, 1.165) is 12.1 Å². The predicted molar refractivity (Wildman–Crippen MR) is 62.6 cm³/mol. The van der Waals surface area contributed by atoms with Gasteiger partial charge < -0.3 is 14.9 Å². The number of aromatic carboxylic acids is 1. The van der Waals surface area contributed by atoms with Crippen LogP contribution in [0.3, 0.4) is 0 Å². The number of benzene rings is 1. The van der Waals surface area contributed by atoms with E-state index in [1.807, 2.05) is 0 Å². The lowest BCUT2D eigenvalue weighted by Gasteiger charge is -2.04. The van der Waals surface area contributed by atoms with Crippen molar-refractivity contribution in [1.29, 1.82) is 0 Å². The molecule has 0 unspecified atom stereocenters. The molecule has 2 N–H and O–H groups in total. The van der Waals surface area contributed by atoms with Crippen molar-refractivity contribution in [2.75, 3.05) is 5.32 Å². The van der Waals surface area contributed by atoms with Gasteiger partial charge in [-0.05, 0) is 30.7 Å². The number of rotatable bonds is 3. The fourth-order valence-corrected chi connectivity index (χ4v) is 1.49. The predicted octanol–water partition coefficient (Wildman–Crippen LogP) is 2.07. The summed E-state index contributed by atoms with van der Waals surface area (Å²) in [4.78, 5) is 22.3. The van der Waals surface area contributed by atoms with Crippen molar-refractivity contribution in [2.24, 2.45) is 0 Å². The third kappa shape index (κ3) is 2.95. The number of hydrogen-bond donors (Lipinski definition) is 2. The van der Waals surface area contributed by atoms with Gasteiger partial charge in [-0.1, -0.05) is 5.16 Å². The molecule has 1 aromatic carbocycles. The molecule has 98 valence electrons. The highest BCUT2D eigenvalue weighted by Crippen LogP contribution is 2.14. The van der Waals surface area contributed by atoms with Crippen LogP contribution in [0.4, 0.5) is 10.1 Å². The molecule has 0 aliphatic rings. The highest BCUT2D eigenvalue weighted by atomic mass is 19.1. The van der Waals surface area contributed by atoms with E-state index in [-0.39, 0.29) is 11.4 Å². The summed E-state index contributed by atoms with van der Waals surface area (Å²) in [5.74, 6) is -2.93. The first kappa shape index (κ1) is 12.7. The maximum atomic E-state index is 13.1. The van der Waals surface area contributed by atoms with E-state index in [0.29, 0.717) is 5.56 Å². The third-order valence-electron chi connectivity index (χ3n) is 2.25. The minimum atomic E-state index is -1.33. The number of aryl methyl sites for hydroxylation is 1. The summed E-state index contributed by atoms with van der Waals surface area (Å²) in [6, 6.07) is 5.01. The molecule has 19 heavy (non-hydrogen) atoms. The van der Waals surface area contributed by atoms with Crippen molar-refractivity contribution < 1.29 is 23.6 Å². The number of carboxylic acid groups (broad SMARTS) is 1. The van der Waals surface area contributed by atoms with Crippen LogP contribution in [0.25, 0.3) is 0 Å². The molecule has 6 nitrogen and oxygen atoms in total. The van der Waals surface area contributed by atoms with Crippen LogP contribution in [0.15, 0.2) is 28.8 Å². The largest absolute Gasteiger partial charge is 0.475 e. The van der Waals surface area contributed by atoms with Gasteiger partial charge in [0.1, 0.15) is 5.82 Å². The Balaban J connectivity index is 2.18. The van der Waals surface area contributed by atoms with Crippen LogP contribution in [-0.2, 0) is 0 Å². The van der Waals surface area contributed by atoms with Crippen molar-refractivity contribution in [1.82, 2.24) is 5.16 Å². The van der Waals surface area contributed by atoms with Crippen molar-refractivity contribution in [3.8, 4) is 0 Å². The van der Waals surface area contributed by atoms with Gasteiger partial charge in [-0.25, -0.2) is 9.18 Å². The molecule has 1 heterocycles. The van der Waals surface area contributed by atoms with Crippen LogP contribution in [0, 0.1) is 12.7 Å². The Morgan fingerprint density at radius 2 is 2.05 bits per heavy atom. The molecule has 0 saturated carbocycles. The van der Waals surface area contributed by atoms with Gasteiger partial charge in [0.25, 0.3) is 5.91 Å².